The lowest BCUT2D eigenvalue weighted by Gasteiger charge is -2.54. The van der Waals surface area contributed by atoms with Crippen molar-refractivity contribution in [1.29, 1.82) is 0 Å². The van der Waals surface area contributed by atoms with E-state index in [2.05, 4.69) is 15.5 Å². The lowest BCUT2D eigenvalue weighted by Crippen LogP contribution is -2.55. The van der Waals surface area contributed by atoms with Gasteiger partial charge in [-0.2, -0.15) is 4.98 Å². The highest BCUT2D eigenvalue weighted by atomic mass is 16.5. The van der Waals surface area contributed by atoms with E-state index in [9.17, 15) is 4.79 Å². The van der Waals surface area contributed by atoms with Crippen molar-refractivity contribution in [2.75, 3.05) is 14.2 Å². The summed E-state index contributed by atoms with van der Waals surface area (Å²) in [6.07, 6.45) is 7.45. The molecule has 1 amide bonds. The number of aromatic nitrogens is 2. The summed E-state index contributed by atoms with van der Waals surface area (Å²) >= 11 is 0. The zero-order chi connectivity index (χ0) is 20.7. The van der Waals surface area contributed by atoms with Gasteiger partial charge in [0.15, 0.2) is 11.5 Å². The number of hydrogen-bond donors (Lipinski definition) is 1. The molecule has 0 spiro atoms. The molecule has 0 atom stereocenters. The van der Waals surface area contributed by atoms with E-state index < -0.39 is 0 Å². The van der Waals surface area contributed by atoms with Gasteiger partial charge in [-0.3, -0.25) is 4.79 Å². The molecular formula is C23H29N3O4. The Hall–Kier alpha value is -2.57. The van der Waals surface area contributed by atoms with Crippen LogP contribution < -0.4 is 14.8 Å². The Bertz CT molecular complexity index is 897. The fraction of sp³-hybridized carbons (Fsp3) is 0.609. The van der Waals surface area contributed by atoms with Crippen LogP contribution >= 0.6 is 0 Å². The van der Waals surface area contributed by atoms with Crippen LogP contribution in [0.15, 0.2) is 22.7 Å². The molecule has 1 aromatic heterocycles. The maximum absolute atomic E-state index is 12.6. The largest absolute Gasteiger partial charge is 0.493 e. The Balaban J connectivity index is 1.18. The number of ether oxygens (including phenoxy) is 2. The molecule has 0 saturated heterocycles. The van der Waals surface area contributed by atoms with Crippen LogP contribution in [0.5, 0.6) is 11.5 Å². The minimum Gasteiger partial charge on any atom is -0.493 e. The minimum absolute atomic E-state index is 0.0957. The molecule has 1 heterocycles. The van der Waals surface area contributed by atoms with Gasteiger partial charge < -0.3 is 19.3 Å². The molecule has 1 aromatic carbocycles. The van der Waals surface area contributed by atoms with Gasteiger partial charge in [0.1, 0.15) is 0 Å². The van der Waals surface area contributed by atoms with Crippen LogP contribution in [0.2, 0.25) is 0 Å². The lowest BCUT2D eigenvalue weighted by atomic mass is 9.54. The van der Waals surface area contributed by atoms with Gasteiger partial charge in [0.05, 0.1) is 14.2 Å². The first kappa shape index (κ1) is 19.4. The molecule has 7 heteroatoms. The summed E-state index contributed by atoms with van der Waals surface area (Å²) in [5.41, 5.74) is 0.778. The van der Waals surface area contributed by atoms with E-state index in [4.69, 9.17) is 14.0 Å². The van der Waals surface area contributed by atoms with Gasteiger partial charge in [0.2, 0.25) is 17.6 Å². The molecule has 1 N–H and O–H groups in total. The highest BCUT2D eigenvalue weighted by Crippen LogP contribution is 2.53. The van der Waals surface area contributed by atoms with Gasteiger partial charge in [-0.05, 0) is 74.0 Å². The van der Waals surface area contributed by atoms with Crippen molar-refractivity contribution in [3.05, 3.63) is 24.1 Å². The van der Waals surface area contributed by atoms with Crippen LogP contribution in [0.3, 0.4) is 0 Å². The van der Waals surface area contributed by atoms with Crippen LogP contribution in [0.25, 0.3) is 11.4 Å². The predicted molar refractivity (Wildman–Crippen MR) is 110 cm³/mol. The average Bonchev–Trinajstić information content (AvgIpc) is 3.23. The molecule has 4 bridgehead atoms. The third kappa shape index (κ3) is 3.66. The number of nitrogens with one attached hydrogen (secondary N) is 1. The number of carbonyl (C=O) groups is 1. The quantitative estimate of drug-likeness (QED) is 0.749. The first-order valence-corrected chi connectivity index (χ1v) is 11.0. The standard InChI is InChI=1S/C23H29N3O4/c1-28-18-4-3-15(12-19(18)29-2)23-25-21(30-26-23)6-5-20(27)24-22-16-8-13-7-14(10-16)11-17(22)9-13/h3-4,12-14,16-17,22H,5-11H2,1-2H3,(H,24,27). The molecule has 4 saturated carbocycles. The molecule has 30 heavy (non-hydrogen) atoms. The number of amides is 1. The summed E-state index contributed by atoms with van der Waals surface area (Å²) < 4.78 is 16.0. The third-order valence-electron chi connectivity index (χ3n) is 7.23. The number of aryl methyl sites for hydroxylation is 1. The van der Waals surface area contributed by atoms with E-state index in [1.165, 1.54) is 32.1 Å². The zero-order valence-electron chi connectivity index (χ0n) is 17.6. The van der Waals surface area contributed by atoms with Crippen LogP contribution in [-0.4, -0.2) is 36.3 Å². The fourth-order valence-corrected chi connectivity index (χ4v) is 6.09. The van der Waals surface area contributed by atoms with Crippen LogP contribution in [0.1, 0.15) is 44.4 Å². The van der Waals surface area contributed by atoms with E-state index in [1.54, 1.807) is 14.2 Å². The predicted octanol–water partition coefficient (Wildman–Crippen LogP) is 3.63. The number of hydrogen-bond acceptors (Lipinski definition) is 6. The molecule has 160 valence electrons. The third-order valence-corrected chi connectivity index (χ3v) is 7.23. The Kier molecular flexibility index (Phi) is 5.13. The SMILES string of the molecule is COc1ccc(-c2noc(CCC(=O)NC3C4CC5CC(C4)CC3C5)n2)cc1OC. The van der Waals surface area contributed by atoms with Crippen molar-refractivity contribution in [3.8, 4) is 22.9 Å². The number of methoxy groups -OCH3 is 2. The number of carbonyl (C=O) groups excluding carboxylic acids is 1. The van der Waals surface area contributed by atoms with Crippen LogP contribution in [-0.2, 0) is 11.2 Å². The molecule has 4 aliphatic rings. The molecule has 6 rings (SSSR count). The number of nitrogens with zero attached hydrogens (tertiary/aromatic N) is 2. The summed E-state index contributed by atoms with van der Waals surface area (Å²) in [6.45, 7) is 0. The second-order valence-electron chi connectivity index (χ2n) is 9.11. The van der Waals surface area contributed by atoms with E-state index in [1.807, 2.05) is 18.2 Å². The summed E-state index contributed by atoms with van der Waals surface area (Å²) in [5.74, 6) is 5.49. The summed E-state index contributed by atoms with van der Waals surface area (Å²) in [7, 11) is 3.18. The molecule has 0 radical (unpaired) electrons. The van der Waals surface area contributed by atoms with Crippen molar-refractivity contribution in [3.63, 3.8) is 0 Å². The average molecular weight is 412 g/mol. The van der Waals surface area contributed by atoms with E-state index in [-0.39, 0.29) is 5.91 Å². The van der Waals surface area contributed by atoms with Crippen molar-refractivity contribution in [2.24, 2.45) is 23.7 Å². The first-order valence-electron chi connectivity index (χ1n) is 11.0. The van der Waals surface area contributed by atoms with E-state index in [0.717, 1.165) is 17.4 Å². The lowest BCUT2D eigenvalue weighted by molar-refractivity contribution is -0.125. The monoisotopic (exact) mass is 411 g/mol. The van der Waals surface area contributed by atoms with Crippen molar-refractivity contribution >= 4 is 5.91 Å². The van der Waals surface area contributed by atoms with E-state index in [0.29, 0.717) is 53.9 Å². The Labute approximate surface area is 176 Å². The zero-order valence-corrected chi connectivity index (χ0v) is 17.6. The Morgan fingerprint density at radius 2 is 1.77 bits per heavy atom. The highest BCUT2D eigenvalue weighted by Gasteiger charge is 2.48. The van der Waals surface area contributed by atoms with Gasteiger partial charge in [0.25, 0.3) is 0 Å². The molecule has 0 unspecified atom stereocenters. The topological polar surface area (TPSA) is 86.5 Å². The van der Waals surface area contributed by atoms with Crippen LogP contribution in [0, 0.1) is 23.7 Å². The van der Waals surface area contributed by atoms with Crippen molar-refractivity contribution in [1.82, 2.24) is 15.5 Å². The summed E-state index contributed by atoms with van der Waals surface area (Å²) in [6, 6.07) is 5.85. The minimum atomic E-state index is 0.0957. The molecule has 0 aliphatic heterocycles. The van der Waals surface area contributed by atoms with Gasteiger partial charge >= 0.3 is 0 Å². The maximum Gasteiger partial charge on any atom is 0.227 e. The molecule has 4 fully saturated rings. The van der Waals surface area contributed by atoms with E-state index >= 15 is 0 Å². The van der Waals surface area contributed by atoms with Crippen LogP contribution in [0.4, 0.5) is 0 Å². The maximum atomic E-state index is 12.6. The smallest absolute Gasteiger partial charge is 0.227 e. The first-order chi connectivity index (χ1) is 14.6. The molecular weight excluding hydrogens is 382 g/mol. The Morgan fingerprint density at radius 1 is 1.07 bits per heavy atom. The second kappa shape index (κ2) is 7.93. The van der Waals surface area contributed by atoms with Gasteiger partial charge in [0, 0.05) is 24.4 Å². The molecule has 7 nitrogen and oxygen atoms in total. The molecule has 2 aromatic rings. The normalized spacial score (nSPS) is 29.1. The number of rotatable bonds is 7. The highest BCUT2D eigenvalue weighted by molar-refractivity contribution is 5.76. The van der Waals surface area contributed by atoms with Crippen molar-refractivity contribution in [2.45, 2.75) is 51.0 Å². The van der Waals surface area contributed by atoms with Gasteiger partial charge in [-0.1, -0.05) is 5.16 Å². The fourth-order valence-electron chi connectivity index (χ4n) is 6.09. The van der Waals surface area contributed by atoms with Crippen molar-refractivity contribution < 1.29 is 18.8 Å². The Morgan fingerprint density at radius 3 is 2.43 bits per heavy atom. The van der Waals surface area contributed by atoms with Gasteiger partial charge in [-0.15, -0.1) is 0 Å². The molecule has 4 aliphatic carbocycles. The summed E-state index contributed by atoms with van der Waals surface area (Å²) in [5, 5.41) is 7.40. The summed E-state index contributed by atoms with van der Waals surface area (Å²) in [4.78, 5) is 17.1. The second-order valence-corrected chi connectivity index (χ2v) is 9.11. The number of benzene rings is 1. The van der Waals surface area contributed by atoms with Gasteiger partial charge in [-0.25, -0.2) is 0 Å².